The summed E-state index contributed by atoms with van der Waals surface area (Å²) in [5.74, 6) is 0.929. The Morgan fingerprint density at radius 2 is 2.17 bits per heavy atom. The standard InChI is InChI=1S/C12H21N5O/c1-8-7-13-5-6-17(8)10(18)9-14-11(16-15-9)12(2,3)4/h8,13H,5-7H2,1-4H3,(H,14,15,16). The van der Waals surface area contributed by atoms with Crippen LogP contribution in [0.15, 0.2) is 0 Å². The van der Waals surface area contributed by atoms with E-state index in [0.29, 0.717) is 6.54 Å². The molecule has 1 atom stereocenters. The van der Waals surface area contributed by atoms with Crippen LogP contribution in [0, 0.1) is 0 Å². The van der Waals surface area contributed by atoms with E-state index in [1.807, 2.05) is 32.6 Å². The smallest absolute Gasteiger partial charge is 0.293 e. The van der Waals surface area contributed by atoms with E-state index in [1.54, 1.807) is 0 Å². The van der Waals surface area contributed by atoms with Gasteiger partial charge in [0.2, 0.25) is 5.82 Å². The molecule has 2 rings (SSSR count). The van der Waals surface area contributed by atoms with Gasteiger partial charge in [0.15, 0.2) is 0 Å². The fraction of sp³-hybridized carbons (Fsp3) is 0.750. The molecular formula is C12H21N5O. The third kappa shape index (κ3) is 2.53. The van der Waals surface area contributed by atoms with E-state index < -0.39 is 0 Å². The van der Waals surface area contributed by atoms with Crippen LogP contribution in [0.2, 0.25) is 0 Å². The van der Waals surface area contributed by atoms with E-state index in [4.69, 9.17) is 0 Å². The van der Waals surface area contributed by atoms with E-state index >= 15 is 0 Å². The molecular weight excluding hydrogens is 230 g/mol. The quantitative estimate of drug-likeness (QED) is 0.764. The third-order valence-corrected chi connectivity index (χ3v) is 3.15. The highest BCUT2D eigenvalue weighted by Crippen LogP contribution is 2.18. The zero-order valence-electron chi connectivity index (χ0n) is 11.4. The summed E-state index contributed by atoms with van der Waals surface area (Å²) in [6.07, 6.45) is 0. The summed E-state index contributed by atoms with van der Waals surface area (Å²) in [6, 6.07) is 0.183. The van der Waals surface area contributed by atoms with Crippen LogP contribution in [-0.4, -0.2) is 51.7 Å². The number of aromatic nitrogens is 3. The lowest BCUT2D eigenvalue weighted by Gasteiger charge is -2.33. The Bertz CT molecular complexity index is 434. The molecule has 1 aliphatic rings. The lowest BCUT2D eigenvalue weighted by molar-refractivity contribution is 0.0643. The van der Waals surface area contributed by atoms with Gasteiger partial charge in [-0.25, -0.2) is 4.98 Å². The van der Waals surface area contributed by atoms with Crippen molar-refractivity contribution in [3.8, 4) is 0 Å². The van der Waals surface area contributed by atoms with Gasteiger partial charge in [0.05, 0.1) is 0 Å². The van der Waals surface area contributed by atoms with Crippen LogP contribution in [0.5, 0.6) is 0 Å². The highest BCUT2D eigenvalue weighted by atomic mass is 16.2. The monoisotopic (exact) mass is 251 g/mol. The number of nitrogens with one attached hydrogen (secondary N) is 2. The minimum absolute atomic E-state index is 0.0873. The molecule has 0 spiro atoms. The van der Waals surface area contributed by atoms with Gasteiger partial charge in [0, 0.05) is 31.1 Å². The lowest BCUT2D eigenvalue weighted by Crippen LogP contribution is -2.52. The maximum absolute atomic E-state index is 12.3. The molecule has 1 amide bonds. The highest BCUT2D eigenvalue weighted by molar-refractivity contribution is 5.90. The summed E-state index contributed by atoms with van der Waals surface area (Å²) in [5, 5.41) is 10.2. The molecule has 0 bridgehead atoms. The van der Waals surface area contributed by atoms with E-state index in [1.165, 1.54) is 0 Å². The zero-order chi connectivity index (χ0) is 13.3. The molecule has 1 saturated heterocycles. The van der Waals surface area contributed by atoms with Crippen LogP contribution in [-0.2, 0) is 5.41 Å². The Kier molecular flexibility index (Phi) is 3.38. The van der Waals surface area contributed by atoms with Crippen molar-refractivity contribution in [2.24, 2.45) is 0 Å². The lowest BCUT2D eigenvalue weighted by atomic mass is 9.96. The van der Waals surface area contributed by atoms with Crippen LogP contribution in [0.3, 0.4) is 0 Å². The number of carbonyl (C=O) groups is 1. The molecule has 100 valence electrons. The molecule has 6 heteroatoms. The molecule has 2 heterocycles. The largest absolute Gasteiger partial charge is 0.331 e. The fourth-order valence-electron chi connectivity index (χ4n) is 1.96. The van der Waals surface area contributed by atoms with E-state index in [9.17, 15) is 4.79 Å². The van der Waals surface area contributed by atoms with Crippen molar-refractivity contribution in [3.05, 3.63) is 11.6 Å². The number of hydrogen-bond donors (Lipinski definition) is 2. The SMILES string of the molecule is CC1CNCCN1C(=O)c1n[nH]c(C(C)(C)C)n1. The van der Waals surface area contributed by atoms with Crippen LogP contribution < -0.4 is 5.32 Å². The van der Waals surface area contributed by atoms with Gasteiger partial charge in [-0.15, -0.1) is 5.10 Å². The number of rotatable bonds is 1. The molecule has 0 radical (unpaired) electrons. The van der Waals surface area contributed by atoms with Gasteiger partial charge >= 0.3 is 0 Å². The summed E-state index contributed by atoms with van der Waals surface area (Å²) < 4.78 is 0. The van der Waals surface area contributed by atoms with Crippen LogP contribution in [0.4, 0.5) is 0 Å². The van der Waals surface area contributed by atoms with Crippen molar-refractivity contribution in [2.75, 3.05) is 19.6 Å². The minimum Gasteiger partial charge on any atom is -0.331 e. The molecule has 0 aliphatic carbocycles. The number of hydrogen-bond acceptors (Lipinski definition) is 4. The maximum Gasteiger partial charge on any atom is 0.293 e. The van der Waals surface area contributed by atoms with Crippen molar-refractivity contribution in [1.82, 2.24) is 25.4 Å². The third-order valence-electron chi connectivity index (χ3n) is 3.15. The predicted molar refractivity (Wildman–Crippen MR) is 68.5 cm³/mol. The van der Waals surface area contributed by atoms with Gasteiger partial charge in [-0.1, -0.05) is 20.8 Å². The summed E-state index contributed by atoms with van der Waals surface area (Å²) >= 11 is 0. The molecule has 1 unspecified atom stereocenters. The molecule has 2 N–H and O–H groups in total. The topological polar surface area (TPSA) is 73.9 Å². The van der Waals surface area contributed by atoms with E-state index in [-0.39, 0.29) is 23.2 Å². The predicted octanol–water partition coefficient (Wildman–Crippen LogP) is 0.536. The number of H-pyrrole nitrogens is 1. The van der Waals surface area contributed by atoms with Gasteiger partial charge < -0.3 is 10.2 Å². The van der Waals surface area contributed by atoms with Crippen molar-refractivity contribution in [2.45, 2.75) is 39.2 Å². The fourth-order valence-corrected chi connectivity index (χ4v) is 1.96. The summed E-state index contributed by atoms with van der Waals surface area (Å²) in [6.45, 7) is 10.5. The number of carbonyl (C=O) groups excluding carboxylic acids is 1. The van der Waals surface area contributed by atoms with Gasteiger partial charge in [-0.2, -0.15) is 0 Å². The summed E-state index contributed by atoms with van der Waals surface area (Å²) in [7, 11) is 0. The van der Waals surface area contributed by atoms with Crippen molar-refractivity contribution < 1.29 is 4.79 Å². The van der Waals surface area contributed by atoms with Crippen molar-refractivity contribution in [1.29, 1.82) is 0 Å². The first-order valence-corrected chi connectivity index (χ1v) is 6.34. The van der Waals surface area contributed by atoms with Crippen molar-refractivity contribution in [3.63, 3.8) is 0 Å². The second-order valence-electron chi connectivity index (χ2n) is 5.81. The number of nitrogens with zero attached hydrogens (tertiary/aromatic N) is 3. The first kappa shape index (κ1) is 13.0. The second kappa shape index (κ2) is 4.68. The molecule has 0 saturated carbocycles. The minimum atomic E-state index is -0.124. The highest BCUT2D eigenvalue weighted by Gasteiger charge is 2.28. The molecule has 1 aliphatic heterocycles. The number of aromatic amines is 1. The first-order chi connectivity index (χ1) is 8.39. The zero-order valence-corrected chi connectivity index (χ0v) is 11.4. The average Bonchev–Trinajstić information content (AvgIpc) is 2.77. The molecule has 0 aromatic carbocycles. The molecule has 1 fully saturated rings. The van der Waals surface area contributed by atoms with Gasteiger partial charge in [0.25, 0.3) is 5.91 Å². The van der Waals surface area contributed by atoms with Crippen LogP contribution in [0.1, 0.15) is 44.1 Å². The van der Waals surface area contributed by atoms with E-state index in [2.05, 4.69) is 20.5 Å². The van der Waals surface area contributed by atoms with Crippen molar-refractivity contribution >= 4 is 5.91 Å². The molecule has 18 heavy (non-hydrogen) atoms. The molecule has 1 aromatic heterocycles. The normalized spacial score (nSPS) is 21.1. The Labute approximate surface area is 107 Å². The van der Waals surface area contributed by atoms with Gasteiger partial charge in [-0.05, 0) is 6.92 Å². The first-order valence-electron chi connectivity index (χ1n) is 6.34. The Hall–Kier alpha value is -1.43. The Balaban J connectivity index is 2.16. The van der Waals surface area contributed by atoms with Gasteiger partial charge in [-0.3, -0.25) is 9.89 Å². The van der Waals surface area contributed by atoms with Crippen LogP contribution in [0.25, 0.3) is 0 Å². The maximum atomic E-state index is 12.3. The second-order valence-corrected chi connectivity index (χ2v) is 5.81. The summed E-state index contributed by atoms with van der Waals surface area (Å²) in [5.41, 5.74) is -0.124. The Morgan fingerprint density at radius 1 is 1.44 bits per heavy atom. The average molecular weight is 251 g/mol. The Morgan fingerprint density at radius 3 is 2.72 bits per heavy atom. The van der Waals surface area contributed by atoms with Gasteiger partial charge in [0.1, 0.15) is 5.82 Å². The van der Waals surface area contributed by atoms with E-state index in [0.717, 1.165) is 18.9 Å². The number of amides is 1. The summed E-state index contributed by atoms with van der Waals surface area (Å²) in [4.78, 5) is 18.4. The van der Waals surface area contributed by atoms with Crippen LogP contribution >= 0.6 is 0 Å². The number of piperazine rings is 1. The molecule has 1 aromatic rings. The molecule has 6 nitrogen and oxygen atoms in total.